The van der Waals surface area contributed by atoms with Crippen LogP contribution in [-0.2, 0) is 48.3 Å². The SMILES string of the molecule is C.C.C.C.C.C.C=C(C)C(=O)Cl.C=C(C)C(=O)OCCN(C)C.CC(=O)N(C)CCN(CCO)C(C)=O.CC(=O)N(C)CC[N+]1=C(C)OCC1.CC1=NCCO1.Cc1ccc(S(=O)(=O)[O-])cc1.I. The molecule has 68 heavy (non-hydrogen) atoms. The van der Waals surface area contributed by atoms with E-state index in [0.29, 0.717) is 37.4 Å². The van der Waals surface area contributed by atoms with Gasteiger partial charge in [0.2, 0.25) is 23.0 Å². The fourth-order valence-electron chi connectivity index (χ4n) is 3.82. The van der Waals surface area contributed by atoms with E-state index in [0.717, 1.165) is 63.3 Å². The van der Waals surface area contributed by atoms with Gasteiger partial charge in [-0.25, -0.2) is 13.2 Å². The molecule has 0 bridgehead atoms. The lowest BCUT2D eigenvalue weighted by Crippen LogP contribution is -2.39. The van der Waals surface area contributed by atoms with Crippen molar-refractivity contribution in [2.45, 2.75) is 105 Å². The zero-order valence-electron chi connectivity index (χ0n) is 38.5. The number of ether oxygens (including phenoxy) is 3. The van der Waals surface area contributed by atoms with E-state index in [1.165, 1.54) is 35.8 Å². The number of aliphatic hydroxyl groups is 1. The second-order valence-corrected chi connectivity index (χ2v) is 15.5. The molecule has 2 aliphatic heterocycles. The molecule has 404 valence electrons. The van der Waals surface area contributed by atoms with Crippen LogP contribution < -0.4 is 0 Å². The lowest BCUT2D eigenvalue weighted by molar-refractivity contribution is -0.518. The molecule has 2 aliphatic rings. The third kappa shape index (κ3) is 49.9. The summed E-state index contributed by atoms with van der Waals surface area (Å²) in [4.78, 5) is 63.8. The molecule has 0 aliphatic carbocycles. The Bertz CT molecular complexity index is 1720. The number of amides is 3. The van der Waals surface area contributed by atoms with Gasteiger partial charge in [-0.05, 0) is 58.6 Å². The van der Waals surface area contributed by atoms with Crippen molar-refractivity contribution in [1.29, 1.82) is 0 Å². The lowest BCUT2D eigenvalue weighted by Gasteiger charge is -2.23. The van der Waals surface area contributed by atoms with Crippen LogP contribution in [0.5, 0.6) is 0 Å². The van der Waals surface area contributed by atoms with Crippen LogP contribution in [0, 0.1) is 6.92 Å². The van der Waals surface area contributed by atoms with Gasteiger partial charge in [0, 0.05) is 79.1 Å². The molecule has 0 radical (unpaired) electrons. The molecule has 18 nitrogen and oxygen atoms in total. The molecular weight excluding hydrogens is 1030 g/mol. The maximum Gasteiger partial charge on any atom is 0.333 e. The van der Waals surface area contributed by atoms with Crippen molar-refractivity contribution in [1.82, 2.24) is 19.6 Å². The number of hydrogen-bond acceptors (Lipinski definition) is 14. The minimum atomic E-state index is -4.27. The van der Waals surface area contributed by atoms with Gasteiger partial charge in [0.15, 0.2) is 25.6 Å². The number of hydrogen-bond donors (Lipinski definition) is 1. The number of rotatable bonds is 14. The Hall–Kier alpha value is -3.96. The molecule has 21 heteroatoms. The van der Waals surface area contributed by atoms with Crippen LogP contribution in [0.15, 0.2) is 58.5 Å². The Morgan fingerprint density at radius 2 is 1.24 bits per heavy atom. The number of carbonyl (C=O) groups is 5. The Kier molecular flexibility index (Phi) is 63.4. The van der Waals surface area contributed by atoms with Crippen molar-refractivity contribution >= 4 is 86.4 Å². The zero-order chi connectivity index (χ0) is 47.9. The van der Waals surface area contributed by atoms with Crippen LogP contribution in [0.4, 0.5) is 0 Å². The summed E-state index contributed by atoms with van der Waals surface area (Å²) in [7, 11) is 3.08. The summed E-state index contributed by atoms with van der Waals surface area (Å²) in [6.45, 7) is 27.5. The van der Waals surface area contributed by atoms with E-state index in [9.17, 15) is 36.9 Å². The van der Waals surface area contributed by atoms with Crippen LogP contribution in [0.3, 0.4) is 0 Å². The molecule has 0 saturated carbocycles. The first-order valence-corrected chi connectivity index (χ1v) is 21.0. The molecule has 1 aromatic carbocycles. The molecule has 3 amide bonds. The number of aliphatic imine (C=N–C) groups is 1. The van der Waals surface area contributed by atoms with Crippen LogP contribution in [0.25, 0.3) is 0 Å². The summed E-state index contributed by atoms with van der Waals surface area (Å²) >= 11 is 4.87. The van der Waals surface area contributed by atoms with Crippen LogP contribution in [0.2, 0.25) is 0 Å². The summed E-state index contributed by atoms with van der Waals surface area (Å²) in [5.41, 5.74) is 1.76. The van der Waals surface area contributed by atoms with Gasteiger partial charge in [0.25, 0.3) is 0 Å². The highest BCUT2D eigenvalue weighted by molar-refractivity contribution is 14.0. The summed E-state index contributed by atoms with van der Waals surface area (Å²) in [5.74, 6) is 1.48. The first kappa shape index (κ1) is 87.1. The van der Waals surface area contributed by atoms with E-state index in [2.05, 4.69) is 22.7 Å². The number of benzene rings is 1. The number of aryl methyl sites for hydroxylation is 1. The van der Waals surface area contributed by atoms with Crippen molar-refractivity contribution in [3.8, 4) is 0 Å². The van der Waals surface area contributed by atoms with E-state index in [1.54, 1.807) is 44.9 Å². The molecule has 0 aromatic heterocycles. The molecule has 1 N–H and O–H groups in total. The average molecular weight is 1130 g/mol. The summed E-state index contributed by atoms with van der Waals surface area (Å²) < 4.78 is 48.4. The fourth-order valence-corrected chi connectivity index (χ4v) is 4.29. The number of carbonyl (C=O) groups excluding carboxylic acids is 5. The summed E-state index contributed by atoms with van der Waals surface area (Å²) in [6, 6.07) is 5.78. The van der Waals surface area contributed by atoms with Crippen molar-refractivity contribution in [3.05, 3.63) is 54.1 Å². The first-order valence-electron chi connectivity index (χ1n) is 19.2. The third-order valence-corrected chi connectivity index (χ3v) is 9.09. The number of allylic oxidation sites excluding steroid dienone is 1. The average Bonchev–Trinajstić information content (AvgIpc) is 3.82. The third-order valence-electron chi connectivity index (χ3n) is 7.92. The van der Waals surface area contributed by atoms with Crippen LogP contribution >= 0.6 is 35.6 Å². The first-order chi connectivity index (χ1) is 28.2. The number of aliphatic hydroxyl groups excluding tert-OH is 1. The normalized spacial score (nSPS) is 10.9. The van der Waals surface area contributed by atoms with Gasteiger partial charge < -0.3 is 43.5 Å². The minimum Gasteiger partial charge on any atom is -0.744 e. The summed E-state index contributed by atoms with van der Waals surface area (Å²) in [6.07, 6.45) is 0. The number of nitrogens with zero attached hydrogens (tertiary/aromatic N) is 6. The molecule has 1 aromatic rings. The van der Waals surface area contributed by atoms with Crippen molar-refractivity contribution in [2.75, 3.05) is 107 Å². The lowest BCUT2D eigenvalue weighted by atomic mass is 10.2. The fraction of sp³-hybridized carbons (Fsp3) is 0.638. The van der Waals surface area contributed by atoms with Gasteiger partial charge in [-0.2, -0.15) is 4.58 Å². The quantitative estimate of drug-likeness (QED) is 0.0496. The van der Waals surface area contributed by atoms with Gasteiger partial charge >= 0.3 is 11.9 Å². The largest absolute Gasteiger partial charge is 0.744 e. The Balaban J connectivity index is -0.0000000742. The maximum atomic E-state index is 11.0. The standard InChI is InChI=1S/C9H18N2O3.C9H17N2O2.C8H15NO2.C7H8O3S.C4H5ClO.C4H7NO.6CH4.HI/c1-8(13)10(3)4-5-11(6-7-12)9(2)14;1-8(12)10(3)4-5-11-6-7-13-9(11)2;1-7(2)8(10)11-6-5-9(3)4;1-6-2-4-7(5-3-6)11(8,9)10;1-3(2)4(5)6;1-4-5-2-3-6-4;;;;;;;/h12H,4-7H2,1-3H3;4-7H2,1-3H3;1,5-6H2,2-4H3;2-5H,1H3,(H,8,9,10);1H2,2H3;2-3H2,1H3;6*1H4;1H/q;+1;;;;;;;;;;;/p-1. The molecule has 0 spiro atoms. The molecule has 0 unspecified atom stereocenters. The van der Waals surface area contributed by atoms with E-state index in [-0.39, 0.29) is 104 Å². The van der Waals surface area contributed by atoms with E-state index < -0.39 is 15.4 Å². The second kappa shape index (κ2) is 49.5. The Morgan fingerprint density at radius 3 is 1.53 bits per heavy atom. The number of likely N-dealkylation sites (N-methyl/N-ethyl adjacent to an activating group) is 3. The molecule has 3 rings (SSSR count). The summed E-state index contributed by atoms with van der Waals surface area (Å²) in [5, 5.41) is 8.22. The highest BCUT2D eigenvalue weighted by atomic mass is 127. The van der Waals surface area contributed by atoms with Gasteiger partial charge in [-0.15, -0.1) is 24.0 Å². The highest BCUT2D eigenvalue weighted by Gasteiger charge is 2.19. The van der Waals surface area contributed by atoms with E-state index in [4.69, 9.17) is 30.9 Å². The topological polar surface area (TPSA) is 219 Å². The van der Waals surface area contributed by atoms with Gasteiger partial charge in [0.05, 0.1) is 31.5 Å². The minimum absolute atomic E-state index is 0. The Morgan fingerprint density at radius 1 is 0.765 bits per heavy atom. The van der Waals surface area contributed by atoms with E-state index in [1.807, 2.05) is 46.8 Å². The van der Waals surface area contributed by atoms with Crippen LogP contribution in [0.1, 0.15) is 98.6 Å². The van der Waals surface area contributed by atoms with Crippen molar-refractivity contribution in [3.63, 3.8) is 0 Å². The molecule has 2 heterocycles. The molecule has 0 saturated heterocycles. The number of halogens is 2. The van der Waals surface area contributed by atoms with Gasteiger partial charge in [-0.3, -0.25) is 24.2 Å². The van der Waals surface area contributed by atoms with E-state index >= 15 is 0 Å². The second-order valence-electron chi connectivity index (χ2n) is 13.8. The van der Waals surface area contributed by atoms with Gasteiger partial charge in [0.1, 0.15) is 23.3 Å². The predicted molar refractivity (Wildman–Crippen MR) is 291 cm³/mol. The van der Waals surface area contributed by atoms with Gasteiger partial charge in [-0.1, -0.05) is 75.4 Å². The zero-order valence-corrected chi connectivity index (χ0v) is 42.4. The highest BCUT2D eigenvalue weighted by Crippen LogP contribution is 2.08. The molecule has 0 fully saturated rings. The van der Waals surface area contributed by atoms with Crippen LogP contribution in [-0.4, -0.2) is 190 Å². The monoisotopic (exact) mass is 1130 g/mol. The van der Waals surface area contributed by atoms with Crippen molar-refractivity contribution < 1.29 is 60.8 Å². The maximum absolute atomic E-state index is 11.0. The van der Waals surface area contributed by atoms with Crippen molar-refractivity contribution in [2.24, 2.45) is 4.99 Å². The number of esters is 1. The smallest absolute Gasteiger partial charge is 0.333 e. The Labute approximate surface area is 435 Å². The molecule has 0 atom stereocenters. The predicted octanol–water partition coefficient (Wildman–Crippen LogP) is 7.00. The molecular formula is C47H94ClIN6O12S.